The number of carbonyl (C=O) groups is 2. The van der Waals surface area contributed by atoms with Gasteiger partial charge in [0, 0.05) is 43.1 Å². The molecule has 0 radical (unpaired) electrons. The molecule has 27 heavy (non-hydrogen) atoms. The molecule has 1 fully saturated rings. The number of benzene rings is 1. The normalized spacial score (nSPS) is 15.0. The number of nitrogens with one attached hydrogen (secondary N) is 2. The summed E-state index contributed by atoms with van der Waals surface area (Å²) in [6.45, 7) is 2.35. The average Bonchev–Trinajstić information content (AvgIpc) is 3.09. The van der Waals surface area contributed by atoms with Gasteiger partial charge in [0.05, 0.1) is 19.4 Å². The third kappa shape index (κ3) is 5.06. The van der Waals surface area contributed by atoms with Crippen LogP contribution in [0.4, 0.5) is 5.69 Å². The monoisotopic (exact) mass is 393 g/mol. The third-order valence-corrected chi connectivity index (χ3v) is 4.31. The van der Waals surface area contributed by atoms with E-state index in [0.717, 1.165) is 5.56 Å². The van der Waals surface area contributed by atoms with E-state index in [1.165, 1.54) is 0 Å². The standard InChI is InChI=1S/C18H23N5O3.ClH/c1-19-16(14-11-20-22(2)12-14)17(24)21-15-5-3-13(4-6-15)18(25)23-7-9-26-10-8-23;/h3-6,11-12,16,19H,7-10H2,1-2H3,(H,21,24);1H. The van der Waals surface area contributed by atoms with Crippen molar-refractivity contribution < 1.29 is 14.3 Å². The second-order valence-electron chi connectivity index (χ2n) is 6.14. The Morgan fingerprint density at radius 3 is 2.41 bits per heavy atom. The second-order valence-corrected chi connectivity index (χ2v) is 6.14. The fourth-order valence-corrected chi connectivity index (χ4v) is 2.90. The molecule has 0 saturated carbocycles. The maximum absolute atomic E-state index is 12.5. The van der Waals surface area contributed by atoms with Gasteiger partial charge in [-0.1, -0.05) is 0 Å². The molecule has 9 heteroatoms. The topological polar surface area (TPSA) is 88.5 Å². The number of carbonyl (C=O) groups excluding carboxylic acids is 2. The summed E-state index contributed by atoms with van der Waals surface area (Å²) in [6.07, 6.45) is 3.45. The minimum absolute atomic E-state index is 0. The van der Waals surface area contributed by atoms with Gasteiger partial charge in [-0.05, 0) is 31.3 Å². The van der Waals surface area contributed by atoms with E-state index in [-0.39, 0.29) is 24.2 Å². The first-order chi connectivity index (χ1) is 12.6. The van der Waals surface area contributed by atoms with Crippen LogP contribution in [-0.2, 0) is 16.6 Å². The van der Waals surface area contributed by atoms with Crippen LogP contribution in [0.25, 0.3) is 0 Å². The molecule has 0 spiro atoms. The number of amides is 2. The van der Waals surface area contributed by atoms with Crippen LogP contribution in [0, 0.1) is 0 Å². The highest BCUT2D eigenvalue weighted by atomic mass is 35.5. The van der Waals surface area contributed by atoms with E-state index in [9.17, 15) is 9.59 Å². The molecule has 8 nitrogen and oxygen atoms in total. The molecule has 146 valence electrons. The van der Waals surface area contributed by atoms with Crippen molar-refractivity contribution in [2.45, 2.75) is 6.04 Å². The van der Waals surface area contributed by atoms with Crippen molar-refractivity contribution in [3.63, 3.8) is 0 Å². The van der Waals surface area contributed by atoms with Gasteiger partial charge in [0.15, 0.2) is 0 Å². The maximum atomic E-state index is 12.5. The summed E-state index contributed by atoms with van der Waals surface area (Å²) >= 11 is 0. The molecule has 2 amide bonds. The Labute approximate surface area is 164 Å². The Balaban J connectivity index is 0.00000261. The zero-order chi connectivity index (χ0) is 18.5. The molecule has 1 saturated heterocycles. The van der Waals surface area contributed by atoms with Crippen LogP contribution >= 0.6 is 12.4 Å². The predicted molar refractivity (Wildman–Crippen MR) is 104 cm³/mol. The van der Waals surface area contributed by atoms with Crippen molar-refractivity contribution >= 4 is 29.9 Å². The van der Waals surface area contributed by atoms with Crippen LogP contribution in [0.15, 0.2) is 36.7 Å². The van der Waals surface area contributed by atoms with Gasteiger partial charge in [0.25, 0.3) is 5.91 Å². The summed E-state index contributed by atoms with van der Waals surface area (Å²) in [6, 6.07) is 6.43. The van der Waals surface area contributed by atoms with E-state index < -0.39 is 6.04 Å². The molecule has 1 atom stereocenters. The zero-order valence-corrected chi connectivity index (χ0v) is 16.2. The molecule has 2 aromatic rings. The first-order valence-corrected chi connectivity index (χ1v) is 8.52. The van der Waals surface area contributed by atoms with Crippen LogP contribution < -0.4 is 10.6 Å². The summed E-state index contributed by atoms with van der Waals surface area (Å²) in [5, 5.41) is 9.95. The third-order valence-electron chi connectivity index (χ3n) is 4.31. The smallest absolute Gasteiger partial charge is 0.254 e. The molecule has 1 aliphatic rings. The van der Waals surface area contributed by atoms with E-state index >= 15 is 0 Å². The van der Waals surface area contributed by atoms with Gasteiger partial charge in [0.1, 0.15) is 6.04 Å². The Kier molecular flexibility index (Phi) is 7.35. The van der Waals surface area contributed by atoms with Crippen molar-refractivity contribution in [2.75, 3.05) is 38.7 Å². The lowest BCUT2D eigenvalue weighted by molar-refractivity contribution is -0.118. The fraction of sp³-hybridized carbons (Fsp3) is 0.389. The molecule has 3 rings (SSSR count). The van der Waals surface area contributed by atoms with Gasteiger partial charge in [0.2, 0.25) is 5.91 Å². The zero-order valence-electron chi connectivity index (χ0n) is 15.3. The number of hydrogen-bond acceptors (Lipinski definition) is 5. The average molecular weight is 394 g/mol. The Bertz CT molecular complexity index is 772. The number of nitrogens with zero attached hydrogens (tertiary/aromatic N) is 3. The Morgan fingerprint density at radius 2 is 1.85 bits per heavy atom. The van der Waals surface area contributed by atoms with E-state index in [4.69, 9.17) is 4.74 Å². The molecule has 1 aliphatic heterocycles. The van der Waals surface area contributed by atoms with E-state index in [1.54, 1.807) is 60.3 Å². The number of ether oxygens (including phenoxy) is 1. The lowest BCUT2D eigenvalue weighted by Gasteiger charge is -2.26. The second kappa shape index (κ2) is 9.50. The number of morpholine rings is 1. The molecular weight excluding hydrogens is 370 g/mol. The minimum Gasteiger partial charge on any atom is -0.378 e. The van der Waals surface area contributed by atoms with Gasteiger partial charge in [-0.2, -0.15) is 5.10 Å². The highest BCUT2D eigenvalue weighted by Gasteiger charge is 2.21. The van der Waals surface area contributed by atoms with Gasteiger partial charge >= 0.3 is 0 Å². The van der Waals surface area contributed by atoms with Gasteiger partial charge in [-0.25, -0.2) is 0 Å². The molecule has 0 aliphatic carbocycles. The quantitative estimate of drug-likeness (QED) is 0.797. The minimum atomic E-state index is -0.502. The lowest BCUT2D eigenvalue weighted by atomic mass is 10.1. The lowest BCUT2D eigenvalue weighted by Crippen LogP contribution is -2.40. The number of halogens is 1. The number of rotatable bonds is 5. The van der Waals surface area contributed by atoms with Crippen molar-refractivity contribution in [2.24, 2.45) is 7.05 Å². The van der Waals surface area contributed by atoms with Gasteiger partial charge < -0.3 is 20.3 Å². The number of aryl methyl sites for hydroxylation is 1. The SMILES string of the molecule is CNC(C(=O)Nc1ccc(C(=O)N2CCOCC2)cc1)c1cnn(C)c1.Cl. The summed E-state index contributed by atoms with van der Waals surface area (Å²) in [5.41, 5.74) is 2.02. The molecule has 1 aromatic heterocycles. The van der Waals surface area contributed by atoms with Crippen molar-refractivity contribution in [3.8, 4) is 0 Å². The van der Waals surface area contributed by atoms with E-state index in [0.29, 0.717) is 37.6 Å². The molecule has 1 unspecified atom stereocenters. The fourth-order valence-electron chi connectivity index (χ4n) is 2.90. The predicted octanol–water partition coefficient (Wildman–Crippen LogP) is 1.21. The molecule has 2 heterocycles. The summed E-state index contributed by atoms with van der Waals surface area (Å²) in [4.78, 5) is 26.7. The largest absolute Gasteiger partial charge is 0.378 e. The van der Waals surface area contributed by atoms with Crippen LogP contribution in [0.5, 0.6) is 0 Å². The van der Waals surface area contributed by atoms with Crippen LogP contribution in [0.2, 0.25) is 0 Å². The van der Waals surface area contributed by atoms with Crippen molar-refractivity contribution in [3.05, 3.63) is 47.8 Å². The number of hydrogen-bond donors (Lipinski definition) is 2. The van der Waals surface area contributed by atoms with E-state index in [2.05, 4.69) is 15.7 Å². The first kappa shape index (κ1) is 20.9. The van der Waals surface area contributed by atoms with Crippen LogP contribution in [0.3, 0.4) is 0 Å². The number of aromatic nitrogens is 2. The van der Waals surface area contributed by atoms with Crippen molar-refractivity contribution in [1.82, 2.24) is 20.0 Å². The Hall–Kier alpha value is -2.42. The van der Waals surface area contributed by atoms with Crippen LogP contribution in [0.1, 0.15) is 22.0 Å². The number of anilines is 1. The maximum Gasteiger partial charge on any atom is 0.254 e. The van der Waals surface area contributed by atoms with Gasteiger partial charge in [-0.3, -0.25) is 14.3 Å². The highest BCUT2D eigenvalue weighted by molar-refractivity contribution is 5.97. The summed E-state index contributed by atoms with van der Waals surface area (Å²) in [5.74, 6) is -0.206. The summed E-state index contributed by atoms with van der Waals surface area (Å²) in [7, 11) is 3.53. The molecule has 1 aromatic carbocycles. The molecular formula is C18H24ClN5O3. The highest BCUT2D eigenvalue weighted by Crippen LogP contribution is 2.17. The van der Waals surface area contributed by atoms with Crippen molar-refractivity contribution in [1.29, 1.82) is 0 Å². The van der Waals surface area contributed by atoms with Gasteiger partial charge in [-0.15, -0.1) is 12.4 Å². The van der Waals surface area contributed by atoms with Crippen LogP contribution in [-0.4, -0.2) is 59.8 Å². The summed E-state index contributed by atoms with van der Waals surface area (Å²) < 4.78 is 6.92. The van der Waals surface area contributed by atoms with E-state index in [1.807, 2.05) is 0 Å². The molecule has 0 bridgehead atoms. The number of likely N-dealkylation sites (N-methyl/N-ethyl adjacent to an activating group) is 1. The first-order valence-electron chi connectivity index (χ1n) is 8.52. The Morgan fingerprint density at radius 1 is 1.19 bits per heavy atom. The molecule has 2 N–H and O–H groups in total.